The summed E-state index contributed by atoms with van der Waals surface area (Å²) in [5.74, 6) is -1.94. The first-order valence-corrected chi connectivity index (χ1v) is 12.6. The van der Waals surface area contributed by atoms with Crippen molar-refractivity contribution in [2.75, 3.05) is 37.4 Å². The zero-order valence-electron chi connectivity index (χ0n) is 22.3. The number of aliphatic hydroxyl groups excluding tert-OH is 1. The zero-order chi connectivity index (χ0) is 29.6. The molecule has 0 fully saturated rings. The van der Waals surface area contributed by atoms with E-state index in [0.29, 0.717) is 5.69 Å². The van der Waals surface area contributed by atoms with Gasteiger partial charge in [0.15, 0.2) is 0 Å². The SMILES string of the molecule is C[C@H](CO)N1C[C@H](C)[C@H](CN(C)C(=O)Nc2ccc(F)cc2)Oc2ccc(NC(=O)CCC(F)(F)F)cc2C1=O. The predicted molar refractivity (Wildman–Crippen MR) is 140 cm³/mol. The first-order valence-electron chi connectivity index (χ1n) is 12.6. The van der Waals surface area contributed by atoms with Gasteiger partial charge in [0.05, 0.1) is 31.2 Å². The van der Waals surface area contributed by atoms with Crippen LogP contribution in [0.25, 0.3) is 0 Å². The monoisotopic (exact) mass is 568 g/mol. The molecule has 1 aliphatic rings. The molecule has 40 heavy (non-hydrogen) atoms. The molecule has 0 spiro atoms. The molecule has 0 aliphatic carbocycles. The summed E-state index contributed by atoms with van der Waals surface area (Å²) in [6, 6.07) is 8.38. The van der Waals surface area contributed by atoms with E-state index < -0.39 is 54.8 Å². The molecule has 0 aromatic heterocycles. The van der Waals surface area contributed by atoms with Crippen molar-refractivity contribution in [3.05, 3.63) is 53.8 Å². The molecule has 0 saturated carbocycles. The van der Waals surface area contributed by atoms with E-state index in [1.807, 2.05) is 6.92 Å². The number of alkyl halides is 3. The number of nitrogens with one attached hydrogen (secondary N) is 2. The number of nitrogens with zero attached hydrogens (tertiary/aromatic N) is 2. The molecule has 0 saturated heterocycles. The number of ether oxygens (including phenoxy) is 1. The molecule has 13 heteroatoms. The Balaban J connectivity index is 1.83. The fraction of sp³-hybridized carbons (Fsp3) is 0.444. The number of hydrogen-bond donors (Lipinski definition) is 3. The number of rotatable bonds is 8. The van der Waals surface area contributed by atoms with Crippen LogP contribution in [-0.4, -0.2) is 77.8 Å². The van der Waals surface area contributed by atoms with Crippen LogP contribution >= 0.6 is 0 Å². The van der Waals surface area contributed by atoms with Crippen molar-refractivity contribution in [1.29, 1.82) is 0 Å². The summed E-state index contributed by atoms with van der Waals surface area (Å²) in [4.78, 5) is 41.1. The second kappa shape index (κ2) is 13.0. The Kier molecular flexibility index (Phi) is 9.96. The molecule has 3 N–H and O–H groups in total. The maximum atomic E-state index is 13.5. The molecule has 2 aromatic rings. The zero-order valence-corrected chi connectivity index (χ0v) is 22.3. The Morgan fingerprint density at radius 3 is 2.42 bits per heavy atom. The third kappa shape index (κ3) is 8.31. The average molecular weight is 569 g/mol. The van der Waals surface area contributed by atoms with Crippen LogP contribution < -0.4 is 15.4 Å². The number of halogens is 4. The number of fused-ring (bicyclic) bond motifs is 1. The van der Waals surface area contributed by atoms with Crippen LogP contribution in [0.4, 0.5) is 33.7 Å². The highest BCUT2D eigenvalue weighted by Crippen LogP contribution is 2.31. The number of urea groups is 1. The van der Waals surface area contributed by atoms with Gasteiger partial charge >= 0.3 is 12.2 Å². The van der Waals surface area contributed by atoms with Crippen LogP contribution in [0.2, 0.25) is 0 Å². The van der Waals surface area contributed by atoms with Gasteiger partial charge in [0.1, 0.15) is 17.7 Å². The van der Waals surface area contributed by atoms with E-state index in [1.54, 1.807) is 14.0 Å². The lowest BCUT2D eigenvalue weighted by molar-refractivity contribution is -0.142. The maximum absolute atomic E-state index is 13.5. The molecule has 3 rings (SSSR count). The number of hydrogen-bond acceptors (Lipinski definition) is 5. The lowest BCUT2D eigenvalue weighted by Gasteiger charge is -2.38. The molecular weight excluding hydrogens is 536 g/mol. The van der Waals surface area contributed by atoms with Crippen LogP contribution in [0.5, 0.6) is 5.75 Å². The van der Waals surface area contributed by atoms with Crippen molar-refractivity contribution in [2.45, 2.75) is 45.0 Å². The number of benzene rings is 2. The summed E-state index contributed by atoms with van der Waals surface area (Å²) in [7, 11) is 1.55. The van der Waals surface area contributed by atoms with Gasteiger partial charge in [-0.3, -0.25) is 9.59 Å². The van der Waals surface area contributed by atoms with Crippen molar-refractivity contribution < 1.29 is 41.8 Å². The number of likely N-dealkylation sites (N-methyl/N-ethyl adjacent to an activating group) is 1. The molecule has 9 nitrogen and oxygen atoms in total. The number of amides is 4. The van der Waals surface area contributed by atoms with Crippen molar-refractivity contribution in [3.63, 3.8) is 0 Å². The Hall–Kier alpha value is -3.87. The van der Waals surface area contributed by atoms with Crippen molar-refractivity contribution >= 4 is 29.2 Å². The highest BCUT2D eigenvalue weighted by Gasteiger charge is 2.34. The smallest absolute Gasteiger partial charge is 0.389 e. The fourth-order valence-corrected chi connectivity index (χ4v) is 4.10. The minimum absolute atomic E-state index is 0.0456. The second-order valence-corrected chi connectivity index (χ2v) is 9.81. The quantitative estimate of drug-likeness (QED) is 0.407. The summed E-state index contributed by atoms with van der Waals surface area (Å²) in [6.07, 6.45) is -7.15. The third-order valence-electron chi connectivity index (χ3n) is 6.48. The van der Waals surface area contributed by atoms with Gasteiger partial charge in [-0.05, 0) is 49.4 Å². The van der Waals surface area contributed by atoms with E-state index in [2.05, 4.69) is 10.6 Å². The first-order chi connectivity index (χ1) is 18.8. The summed E-state index contributed by atoms with van der Waals surface area (Å²) in [5.41, 5.74) is 0.554. The molecule has 2 aromatic carbocycles. The minimum atomic E-state index is -4.48. The van der Waals surface area contributed by atoms with Crippen LogP contribution in [0.3, 0.4) is 0 Å². The predicted octanol–water partition coefficient (Wildman–Crippen LogP) is 4.49. The molecule has 0 unspecified atom stereocenters. The molecule has 0 radical (unpaired) electrons. The molecular formula is C27H32F4N4O5. The van der Waals surface area contributed by atoms with E-state index in [-0.39, 0.29) is 42.6 Å². The van der Waals surface area contributed by atoms with Crippen molar-refractivity contribution in [3.8, 4) is 5.75 Å². The summed E-state index contributed by atoms with van der Waals surface area (Å²) in [5, 5.41) is 14.8. The molecule has 1 aliphatic heterocycles. The van der Waals surface area contributed by atoms with E-state index >= 15 is 0 Å². The molecule has 4 amide bonds. The highest BCUT2D eigenvalue weighted by molar-refractivity contribution is 6.00. The van der Waals surface area contributed by atoms with E-state index in [1.165, 1.54) is 52.3 Å². The van der Waals surface area contributed by atoms with Gasteiger partial charge in [-0.25, -0.2) is 9.18 Å². The third-order valence-corrected chi connectivity index (χ3v) is 6.48. The van der Waals surface area contributed by atoms with E-state index in [0.717, 1.165) is 0 Å². The van der Waals surface area contributed by atoms with Gasteiger partial charge in [-0.15, -0.1) is 0 Å². The fourth-order valence-electron chi connectivity index (χ4n) is 4.10. The molecule has 218 valence electrons. The maximum Gasteiger partial charge on any atom is 0.389 e. The normalized spacial score (nSPS) is 18.1. The molecule has 3 atom stereocenters. The Bertz CT molecular complexity index is 1210. The lowest BCUT2D eigenvalue weighted by atomic mass is 9.99. The number of anilines is 2. The number of aliphatic hydroxyl groups is 1. The second-order valence-electron chi connectivity index (χ2n) is 9.81. The van der Waals surface area contributed by atoms with Gasteiger partial charge in [-0.2, -0.15) is 13.2 Å². The van der Waals surface area contributed by atoms with Crippen LogP contribution in [-0.2, 0) is 4.79 Å². The van der Waals surface area contributed by atoms with Crippen LogP contribution in [0.15, 0.2) is 42.5 Å². The Morgan fingerprint density at radius 2 is 1.80 bits per heavy atom. The Labute approximate surface area is 229 Å². The number of carbonyl (C=O) groups is 3. The Morgan fingerprint density at radius 1 is 1.15 bits per heavy atom. The largest absolute Gasteiger partial charge is 0.487 e. The van der Waals surface area contributed by atoms with Crippen molar-refractivity contribution in [1.82, 2.24) is 9.80 Å². The summed E-state index contributed by atoms with van der Waals surface area (Å²) in [6.45, 7) is 3.43. The number of carbonyl (C=O) groups excluding carboxylic acids is 3. The van der Waals surface area contributed by atoms with Gasteiger partial charge in [0.25, 0.3) is 5.91 Å². The molecule has 1 heterocycles. The average Bonchev–Trinajstić information content (AvgIpc) is 2.90. The van der Waals surface area contributed by atoms with Gasteiger partial charge in [0, 0.05) is 37.3 Å². The van der Waals surface area contributed by atoms with E-state index in [9.17, 15) is 37.1 Å². The topological polar surface area (TPSA) is 111 Å². The van der Waals surface area contributed by atoms with Crippen LogP contribution in [0.1, 0.15) is 37.0 Å². The minimum Gasteiger partial charge on any atom is -0.487 e. The van der Waals surface area contributed by atoms with Crippen LogP contribution in [0, 0.1) is 11.7 Å². The summed E-state index contributed by atoms with van der Waals surface area (Å²) >= 11 is 0. The highest BCUT2D eigenvalue weighted by atomic mass is 19.4. The lowest BCUT2D eigenvalue weighted by Crippen LogP contribution is -2.50. The van der Waals surface area contributed by atoms with Crippen molar-refractivity contribution in [2.24, 2.45) is 5.92 Å². The summed E-state index contributed by atoms with van der Waals surface area (Å²) < 4.78 is 56.8. The van der Waals surface area contributed by atoms with E-state index in [4.69, 9.17) is 4.74 Å². The van der Waals surface area contributed by atoms with Gasteiger partial charge in [0.2, 0.25) is 5.91 Å². The van der Waals surface area contributed by atoms with Gasteiger partial charge < -0.3 is 30.3 Å². The van der Waals surface area contributed by atoms with Gasteiger partial charge in [-0.1, -0.05) is 6.92 Å². The molecule has 0 bridgehead atoms. The standard InChI is InChI=1S/C27H32F4N4O5/c1-16-13-35(17(2)15-36)25(38)21-12-20(32-24(37)10-11-27(29,30)31)8-9-22(21)40-23(16)14-34(3)26(39)33-19-6-4-18(28)5-7-19/h4-9,12,16-17,23,36H,10-11,13-15H2,1-3H3,(H,32,37)(H,33,39)/t16-,17+,23-/m0/s1. The first kappa shape index (κ1) is 30.7.